The van der Waals surface area contributed by atoms with Crippen molar-refractivity contribution >= 4 is 0 Å². The lowest BCUT2D eigenvalue weighted by atomic mass is 10.1. The van der Waals surface area contributed by atoms with Gasteiger partial charge in [-0.15, -0.1) is 0 Å². The molecule has 0 nitrogen and oxygen atoms in total. The molecule has 0 unspecified atom stereocenters. The molecule has 0 rings (SSSR count). The molecule has 10 heteroatoms. The largest absolute Gasteiger partial charge is 0.412 e. The zero-order valence-electron chi connectivity index (χ0n) is 6.93. The third-order valence-electron chi connectivity index (χ3n) is 1.28. The molecule has 0 aromatic carbocycles. The fourth-order valence-electron chi connectivity index (χ4n) is 0.531. The summed E-state index contributed by atoms with van der Waals surface area (Å²) in [4.78, 5) is 0. The molecule has 0 aliphatic rings. The van der Waals surface area contributed by atoms with E-state index in [1.54, 1.807) is 0 Å². The van der Waals surface area contributed by atoms with Crippen molar-refractivity contribution in [1.82, 2.24) is 0 Å². The summed E-state index contributed by atoms with van der Waals surface area (Å²) in [6.45, 7) is 0. The van der Waals surface area contributed by atoms with Gasteiger partial charge in [0.25, 0.3) is 0 Å². The molecule has 0 saturated heterocycles. The van der Waals surface area contributed by atoms with Crippen molar-refractivity contribution in [1.29, 1.82) is 0 Å². The third kappa shape index (κ3) is 3.01. The Morgan fingerprint density at radius 3 is 1.50 bits per heavy atom. The highest BCUT2D eigenvalue weighted by molar-refractivity contribution is 5.13. The van der Waals surface area contributed by atoms with E-state index in [9.17, 15) is 43.9 Å². The van der Waals surface area contributed by atoms with Crippen LogP contribution in [0.25, 0.3) is 0 Å². The summed E-state index contributed by atoms with van der Waals surface area (Å²) in [6.07, 6.45) is -12.5. The summed E-state index contributed by atoms with van der Waals surface area (Å²) in [5.41, 5.74) is 0. The summed E-state index contributed by atoms with van der Waals surface area (Å²) in [5.74, 6) is -16.1. The third-order valence-corrected chi connectivity index (χ3v) is 1.28. The second-order valence-electron chi connectivity index (χ2n) is 2.53. The van der Waals surface area contributed by atoms with Crippen molar-refractivity contribution in [3.8, 4) is 0 Å². The van der Waals surface area contributed by atoms with Gasteiger partial charge in [-0.1, -0.05) is 0 Å². The summed E-state index contributed by atoms with van der Waals surface area (Å²) in [6, 6.07) is 0. The number of alkyl halides is 9. The van der Waals surface area contributed by atoms with Gasteiger partial charge in [-0.25, -0.2) is 13.2 Å². The highest BCUT2D eigenvalue weighted by atomic mass is 19.4. The number of allylic oxidation sites excluding steroid dienone is 2. The van der Waals surface area contributed by atoms with Gasteiger partial charge in [0, 0.05) is 0 Å². The summed E-state index contributed by atoms with van der Waals surface area (Å²) in [5, 5.41) is 0. The fraction of sp³-hybridized carbons (Fsp3) is 0.667. The van der Waals surface area contributed by atoms with E-state index < -0.39 is 36.3 Å². The molecule has 96 valence electrons. The van der Waals surface area contributed by atoms with E-state index in [2.05, 4.69) is 0 Å². The predicted molar refractivity (Wildman–Crippen MR) is 31.1 cm³/mol. The normalized spacial score (nSPS) is 15.8. The smallest absolute Gasteiger partial charge is 0.205 e. The zero-order chi connectivity index (χ0) is 13.4. The predicted octanol–water partition coefficient (Wildman–Crippen LogP) is 3.94. The molecule has 0 aromatic rings. The SMILES string of the molecule is F/C(=C\C(F)(F)F)C(F)(F)C(F)(F)C(F)F. The van der Waals surface area contributed by atoms with Gasteiger partial charge in [0.15, 0.2) is 5.83 Å². The Bertz CT molecular complexity index is 272. The van der Waals surface area contributed by atoms with Crippen molar-refractivity contribution < 1.29 is 43.9 Å². The van der Waals surface area contributed by atoms with E-state index in [1.807, 2.05) is 0 Å². The van der Waals surface area contributed by atoms with Crippen LogP contribution in [0.1, 0.15) is 0 Å². The second-order valence-corrected chi connectivity index (χ2v) is 2.53. The number of rotatable bonds is 3. The van der Waals surface area contributed by atoms with E-state index in [1.165, 1.54) is 0 Å². The molecule has 0 N–H and O–H groups in total. The summed E-state index contributed by atoms with van der Waals surface area (Å²) < 4.78 is 117. The second kappa shape index (κ2) is 4.13. The van der Waals surface area contributed by atoms with Gasteiger partial charge in [0.1, 0.15) is 0 Å². The van der Waals surface area contributed by atoms with Crippen LogP contribution in [0.4, 0.5) is 43.9 Å². The van der Waals surface area contributed by atoms with Gasteiger partial charge in [0.2, 0.25) is 0 Å². The van der Waals surface area contributed by atoms with E-state index in [0.717, 1.165) is 0 Å². The first-order valence-corrected chi connectivity index (χ1v) is 3.31. The monoisotopic (exact) mass is 264 g/mol. The molecule has 0 aliphatic heterocycles. The van der Waals surface area contributed by atoms with Crippen molar-refractivity contribution in [3.63, 3.8) is 0 Å². The van der Waals surface area contributed by atoms with Crippen LogP contribution < -0.4 is 0 Å². The molecule has 0 aromatic heterocycles. The molecule has 0 aliphatic carbocycles. The first-order valence-electron chi connectivity index (χ1n) is 3.31. The maximum Gasteiger partial charge on any atom is 0.412 e. The average molecular weight is 264 g/mol. The first-order chi connectivity index (χ1) is 6.82. The van der Waals surface area contributed by atoms with E-state index in [0.29, 0.717) is 0 Å². The van der Waals surface area contributed by atoms with Gasteiger partial charge in [0.05, 0.1) is 6.08 Å². The van der Waals surface area contributed by atoms with E-state index >= 15 is 0 Å². The van der Waals surface area contributed by atoms with E-state index in [-0.39, 0.29) is 0 Å². The lowest BCUT2D eigenvalue weighted by Gasteiger charge is -2.24. The number of hydrogen-bond donors (Lipinski definition) is 0. The van der Waals surface area contributed by atoms with Crippen molar-refractivity contribution in [2.75, 3.05) is 0 Å². The van der Waals surface area contributed by atoms with Gasteiger partial charge in [-0.05, 0) is 0 Å². The van der Waals surface area contributed by atoms with Gasteiger partial charge >= 0.3 is 24.4 Å². The van der Waals surface area contributed by atoms with Crippen LogP contribution in [0, 0.1) is 0 Å². The molecule has 0 fully saturated rings. The Morgan fingerprint density at radius 1 is 0.875 bits per heavy atom. The van der Waals surface area contributed by atoms with Crippen LogP contribution in [0.15, 0.2) is 11.9 Å². The molecular formula is C6H2F10. The number of hydrogen-bond acceptors (Lipinski definition) is 0. The van der Waals surface area contributed by atoms with E-state index in [4.69, 9.17) is 0 Å². The van der Waals surface area contributed by atoms with Gasteiger partial charge < -0.3 is 0 Å². The molecule has 0 amide bonds. The van der Waals surface area contributed by atoms with Crippen LogP contribution in [-0.2, 0) is 0 Å². The molecule has 0 bridgehead atoms. The molecule has 0 radical (unpaired) electrons. The maximum atomic E-state index is 12.2. The van der Waals surface area contributed by atoms with Crippen LogP contribution in [0.2, 0.25) is 0 Å². The molecule has 0 atom stereocenters. The summed E-state index contributed by atoms with van der Waals surface area (Å²) >= 11 is 0. The lowest BCUT2D eigenvalue weighted by molar-refractivity contribution is -0.253. The standard InChI is InChI=1S/C6H2F10/c7-2(1-4(10,11)12)5(13,14)6(15,16)3(8)9/h1,3H/b2-1-. The van der Waals surface area contributed by atoms with Crippen LogP contribution in [0.3, 0.4) is 0 Å². The fourth-order valence-corrected chi connectivity index (χ4v) is 0.531. The van der Waals surface area contributed by atoms with Crippen LogP contribution >= 0.6 is 0 Å². The van der Waals surface area contributed by atoms with Crippen molar-refractivity contribution in [3.05, 3.63) is 11.9 Å². The van der Waals surface area contributed by atoms with Crippen molar-refractivity contribution in [2.24, 2.45) is 0 Å². The molecule has 0 heterocycles. The average Bonchev–Trinajstić information content (AvgIpc) is 1.99. The summed E-state index contributed by atoms with van der Waals surface area (Å²) in [7, 11) is 0. The van der Waals surface area contributed by atoms with Crippen LogP contribution in [0.5, 0.6) is 0 Å². The topological polar surface area (TPSA) is 0 Å². The minimum atomic E-state index is -6.23. The molecule has 16 heavy (non-hydrogen) atoms. The molecular weight excluding hydrogens is 262 g/mol. The Morgan fingerprint density at radius 2 is 1.25 bits per heavy atom. The Hall–Kier alpha value is -0.960. The minimum absolute atomic E-state index is 1.80. The lowest BCUT2D eigenvalue weighted by Crippen LogP contribution is -2.47. The highest BCUT2D eigenvalue weighted by Gasteiger charge is 2.66. The van der Waals surface area contributed by atoms with Gasteiger partial charge in [-0.2, -0.15) is 30.7 Å². The molecule has 0 saturated carbocycles. The van der Waals surface area contributed by atoms with Crippen LogP contribution in [-0.4, -0.2) is 24.4 Å². The quantitative estimate of drug-likeness (QED) is 0.677. The Kier molecular flexibility index (Phi) is 3.88. The zero-order valence-corrected chi connectivity index (χ0v) is 6.93. The number of halogens is 10. The van der Waals surface area contributed by atoms with Crippen molar-refractivity contribution in [2.45, 2.75) is 24.4 Å². The molecule has 0 spiro atoms. The maximum absolute atomic E-state index is 12.2. The highest BCUT2D eigenvalue weighted by Crippen LogP contribution is 2.45. The van der Waals surface area contributed by atoms with Gasteiger partial charge in [-0.3, -0.25) is 0 Å². The first kappa shape index (κ1) is 15.0. The minimum Gasteiger partial charge on any atom is -0.205 e. The Labute approximate surface area is 81.5 Å². The Balaban J connectivity index is 5.30.